The molecule has 0 bridgehead atoms. The molecule has 0 saturated carbocycles. The number of H-pyrrole nitrogens is 2. The van der Waals surface area contributed by atoms with Gasteiger partial charge >= 0.3 is 11.7 Å². The first-order valence-corrected chi connectivity index (χ1v) is 10.3. The van der Waals surface area contributed by atoms with Crippen LogP contribution in [0.1, 0.15) is 21.9 Å². The number of rotatable bonds is 8. The van der Waals surface area contributed by atoms with E-state index in [-0.39, 0.29) is 51.7 Å². The van der Waals surface area contributed by atoms with Crippen LogP contribution in [0.4, 0.5) is 15.8 Å². The molecule has 0 fully saturated rings. The number of benzene rings is 2. The standard InChI is InChI=1S/C22H21FN8O5/c1-9-26-16(21(32)33)20(27-9)31-22(34)29-19(30-31)12-8-13(35-2)17(36-3)15(14(12)23)28-11-6-4-10(5-7-11)18(24)25/h4-8,28H,1-3H3,(H3,24,25)(H,26,27)(H,32,33)(H,29,30,34). The molecule has 2 heterocycles. The highest BCUT2D eigenvalue weighted by Gasteiger charge is 2.25. The minimum Gasteiger partial charge on any atom is -0.493 e. The van der Waals surface area contributed by atoms with Crippen LogP contribution in [0, 0.1) is 18.2 Å². The Kier molecular flexibility index (Phi) is 6.16. The average molecular weight is 496 g/mol. The summed E-state index contributed by atoms with van der Waals surface area (Å²) >= 11 is 0. The number of carboxylic acids is 1. The van der Waals surface area contributed by atoms with Crippen LogP contribution in [0.25, 0.3) is 17.2 Å². The number of imidazole rings is 1. The number of anilines is 2. The first-order chi connectivity index (χ1) is 17.1. The fraction of sp³-hybridized carbons (Fsp3) is 0.136. The number of halogens is 1. The smallest absolute Gasteiger partial charge is 0.356 e. The number of aryl methyl sites for hydroxylation is 1. The average Bonchev–Trinajstić information content (AvgIpc) is 3.42. The van der Waals surface area contributed by atoms with Crippen molar-refractivity contribution in [2.24, 2.45) is 5.73 Å². The number of nitrogens with two attached hydrogens (primary N) is 1. The molecule has 14 heteroatoms. The molecule has 0 atom stereocenters. The third-order valence-corrected chi connectivity index (χ3v) is 5.16. The molecule has 4 rings (SSSR count). The lowest BCUT2D eigenvalue weighted by molar-refractivity contribution is 0.0690. The molecule has 0 aliphatic rings. The molecule has 186 valence electrons. The molecule has 36 heavy (non-hydrogen) atoms. The fourth-order valence-electron chi connectivity index (χ4n) is 3.50. The number of carboxylic acid groups (broad SMARTS) is 1. The van der Waals surface area contributed by atoms with Crippen molar-refractivity contribution >= 4 is 23.2 Å². The maximum Gasteiger partial charge on any atom is 0.356 e. The molecular weight excluding hydrogens is 475 g/mol. The highest BCUT2D eigenvalue weighted by atomic mass is 19.1. The van der Waals surface area contributed by atoms with Gasteiger partial charge in [0.1, 0.15) is 17.3 Å². The van der Waals surface area contributed by atoms with Gasteiger partial charge < -0.3 is 30.6 Å². The van der Waals surface area contributed by atoms with Crippen LogP contribution in [0.15, 0.2) is 35.1 Å². The van der Waals surface area contributed by atoms with Crippen molar-refractivity contribution in [2.45, 2.75) is 6.92 Å². The highest BCUT2D eigenvalue weighted by Crippen LogP contribution is 2.43. The van der Waals surface area contributed by atoms with Crippen molar-refractivity contribution < 1.29 is 23.8 Å². The van der Waals surface area contributed by atoms with Crippen LogP contribution in [-0.4, -0.2) is 55.9 Å². The Morgan fingerprint density at radius 3 is 2.50 bits per heavy atom. The van der Waals surface area contributed by atoms with E-state index >= 15 is 4.39 Å². The third-order valence-electron chi connectivity index (χ3n) is 5.16. The molecule has 2 aromatic carbocycles. The van der Waals surface area contributed by atoms with Crippen molar-refractivity contribution in [3.05, 3.63) is 63.7 Å². The molecule has 0 unspecified atom stereocenters. The number of hydrogen-bond donors (Lipinski definition) is 6. The quantitative estimate of drug-likeness (QED) is 0.156. The SMILES string of the molecule is COc1cc(-c2nn(-c3nc(C)[nH]c3C(=O)O)c(=O)[nH]2)c(F)c(Nc2ccc(C(=N)N)cc2)c1OC. The van der Waals surface area contributed by atoms with E-state index in [9.17, 15) is 14.7 Å². The first kappa shape index (κ1) is 24.0. The van der Waals surface area contributed by atoms with Gasteiger partial charge in [-0.05, 0) is 37.3 Å². The lowest BCUT2D eigenvalue weighted by atomic mass is 10.1. The number of methoxy groups -OCH3 is 2. The van der Waals surface area contributed by atoms with Gasteiger partial charge in [-0.2, -0.15) is 4.68 Å². The zero-order valence-electron chi connectivity index (χ0n) is 19.3. The van der Waals surface area contributed by atoms with Crippen LogP contribution in [0.2, 0.25) is 0 Å². The molecule has 4 aromatic rings. The molecule has 0 radical (unpaired) electrons. The third kappa shape index (κ3) is 4.22. The normalized spacial score (nSPS) is 10.8. The van der Waals surface area contributed by atoms with Crippen LogP contribution in [0.3, 0.4) is 0 Å². The molecule has 13 nitrogen and oxygen atoms in total. The van der Waals surface area contributed by atoms with E-state index in [0.717, 1.165) is 4.68 Å². The molecule has 0 saturated heterocycles. The van der Waals surface area contributed by atoms with Gasteiger partial charge in [0.15, 0.2) is 34.7 Å². The number of nitrogens with zero attached hydrogens (tertiary/aromatic N) is 3. The van der Waals surface area contributed by atoms with E-state index in [1.165, 1.54) is 27.2 Å². The van der Waals surface area contributed by atoms with Gasteiger partial charge in [-0.25, -0.2) is 19.0 Å². The molecule has 7 N–H and O–H groups in total. The van der Waals surface area contributed by atoms with E-state index in [1.807, 2.05) is 0 Å². The molecule has 2 aromatic heterocycles. The molecule has 0 amide bonds. The number of hydrogen-bond acceptors (Lipinski definition) is 8. The Morgan fingerprint density at radius 1 is 1.22 bits per heavy atom. The summed E-state index contributed by atoms with van der Waals surface area (Å²) in [6.45, 7) is 1.52. The van der Waals surface area contributed by atoms with Crippen LogP contribution in [-0.2, 0) is 0 Å². The molecule has 0 aliphatic heterocycles. The Hall–Kier alpha value is -5.14. The molecule has 0 aliphatic carbocycles. The van der Waals surface area contributed by atoms with Crippen molar-refractivity contribution in [3.8, 4) is 28.7 Å². The molecule has 0 spiro atoms. The highest BCUT2D eigenvalue weighted by molar-refractivity contribution is 5.95. The van der Waals surface area contributed by atoms with Gasteiger partial charge in [0.25, 0.3) is 0 Å². The summed E-state index contributed by atoms with van der Waals surface area (Å²) < 4.78 is 27.3. The zero-order valence-corrected chi connectivity index (χ0v) is 19.3. The summed E-state index contributed by atoms with van der Waals surface area (Å²) in [6.07, 6.45) is 0. The van der Waals surface area contributed by atoms with Gasteiger partial charge in [-0.3, -0.25) is 10.4 Å². The van der Waals surface area contributed by atoms with Crippen molar-refractivity contribution in [3.63, 3.8) is 0 Å². The van der Waals surface area contributed by atoms with Gasteiger partial charge in [0, 0.05) is 11.3 Å². The van der Waals surface area contributed by atoms with E-state index in [0.29, 0.717) is 11.3 Å². The topological polar surface area (TPSA) is 197 Å². The number of aromatic nitrogens is 5. The van der Waals surface area contributed by atoms with Crippen LogP contribution >= 0.6 is 0 Å². The summed E-state index contributed by atoms with van der Waals surface area (Å²) in [6, 6.07) is 7.65. The maximum absolute atomic E-state index is 15.8. The van der Waals surface area contributed by atoms with E-state index in [1.54, 1.807) is 24.3 Å². The fourth-order valence-corrected chi connectivity index (χ4v) is 3.50. The van der Waals surface area contributed by atoms with Crippen molar-refractivity contribution in [2.75, 3.05) is 19.5 Å². The van der Waals surface area contributed by atoms with E-state index < -0.39 is 17.5 Å². The minimum atomic E-state index is -1.35. The van der Waals surface area contributed by atoms with E-state index in [2.05, 4.69) is 25.4 Å². The van der Waals surface area contributed by atoms with Crippen molar-refractivity contribution in [1.82, 2.24) is 24.7 Å². The Morgan fingerprint density at radius 2 is 1.92 bits per heavy atom. The second-order valence-electron chi connectivity index (χ2n) is 7.48. The number of nitrogen functional groups attached to an aromatic ring is 1. The molecular formula is C22H21FN8O5. The number of amidine groups is 1. The Balaban J connectivity index is 1.84. The van der Waals surface area contributed by atoms with E-state index in [4.69, 9.17) is 20.6 Å². The summed E-state index contributed by atoms with van der Waals surface area (Å²) in [5.74, 6) is -2.32. The van der Waals surface area contributed by atoms with Gasteiger partial charge in [0.2, 0.25) is 0 Å². The Labute approximate surface area is 202 Å². The lowest BCUT2D eigenvalue weighted by Crippen LogP contribution is -2.19. The predicted molar refractivity (Wildman–Crippen MR) is 127 cm³/mol. The largest absolute Gasteiger partial charge is 0.493 e. The number of carbonyl (C=O) groups is 1. The summed E-state index contributed by atoms with van der Waals surface area (Å²) in [4.78, 5) is 33.1. The summed E-state index contributed by atoms with van der Waals surface area (Å²) in [5.41, 5.74) is 4.97. The first-order valence-electron chi connectivity index (χ1n) is 10.3. The number of ether oxygens (including phenoxy) is 2. The zero-order chi connectivity index (χ0) is 26.1. The van der Waals surface area contributed by atoms with Crippen molar-refractivity contribution in [1.29, 1.82) is 5.41 Å². The van der Waals surface area contributed by atoms with Gasteiger partial charge in [-0.1, -0.05) is 0 Å². The maximum atomic E-state index is 15.8. The summed E-state index contributed by atoms with van der Waals surface area (Å²) in [5, 5.41) is 23.9. The lowest BCUT2D eigenvalue weighted by Gasteiger charge is -2.17. The number of aromatic amines is 2. The summed E-state index contributed by atoms with van der Waals surface area (Å²) in [7, 11) is 2.70. The minimum absolute atomic E-state index is 0.0484. The second-order valence-corrected chi connectivity index (χ2v) is 7.48. The van der Waals surface area contributed by atoms with Gasteiger partial charge in [-0.15, -0.1) is 5.10 Å². The monoisotopic (exact) mass is 496 g/mol. The predicted octanol–water partition coefficient (Wildman–Crippen LogP) is 2.14. The number of nitrogens with one attached hydrogen (secondary N) is 4. The second kappa shape index (κ2) is 9.25. The van der Waals surface area contributed by atoms with Crippen LogP contribution in [0.5, 0.6) is 11.5 Å². The number of aromatic carboxylic acids is 1. The van der Waals surface area contributed by atoms with Gasteiger partial charge in [0.05, 0.1) is 19.8 Å². The van der Waals surface area contributed by atoms with Crippen LogP contribution < -0.4 is 26.2 Å². The Bertz CT molecular complexity index is 1540.